The van der Waals surface area contributed by atoms with Gasteiger partial charge in [-0.1, -0.05) is 0 Å². The van der Waals surface area contributed by atoms with Crippen molar-refractivity contribution in [3.05, 3.63) is 48.7 Å². The minimum Gasteiger partial charge on any atom is -0.456 e. The summed E-state index contributed by atoms with van der Waals surface area (Å²) in [6.45, 7) is 1.75. The summed E-state index contributed by atoms with van der Waals surface area (Å²) in [5.41, 5.74) is 5.61. The molecule has 0 saturated heterocycles. The Hall–Kier alpha value is -3.75. The second-order valence-corrected chi connectivity index (χ2v) is 5.62. The predicted octanol–water partition coefficient (Wildman–Crippen LogP) is 2.44. The monoisotopic (exact) mass is 367 g/mol. The molecule has 2 amide bonds. The van der Waals surface area contributed by atoms with Crippen molar-refractivity contribution in [2.75, 3.05) is 5.32 Å². The summed E-state index contributed by atoms with van der Waals surface area (Å²) in [4.78, 5) is 34.7. The highest BCUT2D eigenvalue weighted by atomic mass is 16.5. The molecule has 27 heavy (non-hydrogen) atoms. The van der Waals surface area contributed by atoms with E-state index in [0.717, 1.165) is 0 Å². The maximum Gasteiger partial charge on any atom is 0.226 e. The first kappa shape index (κ1) is 18.1. The van der Waals surface area contributed by atoms with Crippen LogP contribution in [-0.4, -0.2) is 26.8 Å². The van der Waals surface area contributed by atoms with Crippen molar-refractivity contribution in [2.45, 2.75) is 19.8 Å². The van der Waals surface area contributed by atoms with E-state index < -0.39 is 5.91 Å². The SMILES string of the molecule is Cc1ncc(-c2cc(Oc3ccc(NC(=O)CCC(N)=O)nc3)ccn2)o1. The minimum atomic E-state index is -0.529. The van der Waals surface area contributed by atoms with E-state index in [4.69, 9.17) is 14.9 Å². The molecule has 0 fully saturated rings. The molecule has 0 saturated carbocycles. The number of nitrogens with zero attached hydrogens (tertiary/aromatic N) is 3. The highest BCUT2D eigenvalue weighted by Crippen LogP contribution is 2.26. The van der Waals surface area contributed by atoms with Crippen LogP contribution < -0.4 is 15.8 Å². The molecule has 0 aliphatic heterocycles. The number of hydrogen-bond donors (Lipinski definition) is 2. The topological polar surface area (TPSA) is 133 Å². The molecule has 0 bridgehead atoms. The highest BCUT2D eigenvalue weighted by molar-refractivity contribution is 5.92. The number of aromatic nitrogens is 3. The Bertz CT molecular complexity index is 952. The van der Waals surface area contributed by atoms with Gasteiger partial charge in [0, 0.05) is 32.0 Å². The van der Waals surface area contributed by atoms with Crippen molar-refractivity contribution in [1.82, 2.24) is 15.0 Å². The molecule has 138 valence electrons. The molecular formula is C18H17N5O4. The number of nitrogens with two attached hydrogens (primary N) is 1. The number of ether oxygens (including phenoxy) is 1. The van der Waals surface area contributed by atoms with E-state index in [0.29, 0.717) is 34.7 Å². The van der Waals surface area contributed by atoms with Crippen LogP contribution in [0.3, 0.4) is 0 Å². The van der Waals surface area contributed by atoms with Gasteiger partial charge < -0.3 is 20.2 Å². The van der Waals surface area contributed by atoms with Crippen molar-refractivity contribution >= 4 is 17.6 Å². The second-order valence-electron chi connectivity index (χ2n) is 5.62. The maximum atomic E-state index is 11.7. The molecule has 3 aromatic rings. The van der Waals surface area contributed by atoms with Gasteiger partial charge in [0.1, 0.15) is 23.0 Å². The number of nitrogens with one attached hydrogen (secondary N) is 1. The molecule has 3 heterocycles. The fraction of sp³-hybridized carbons (Fsp3) is 0.167. The molecule has 0 aliphatic rings. The third-order valence-corrected chi connectivity index (χ3v) is 3.44. The third-order valence-electron chi connectivity index (χ3n) is 3.44. The Morgan fingerprint density at radius 2 is 1.96 bits per heavy atom. The lowest BCUT2D eigenvalue weighted by Crippen LogP contribution is -2.17. The molecular weight excluding hydrogens is 350 g/mol. The van der Waals surface area contributed by atoms with Crippen molar-refractivity contribution in [3.8, 4) is 23.0 Å². The van der Waals surface area contributed by atoms with Crippen LogP contribution in [0.5, 0.6) is 11.5 Å². The molecule has 3 rings (SSSR count). The number of aryl methyl sites for hydroxylation is 1. The van der Waals surface area contributed by atoms with Crippen LogP contribution in [0.25, 0.3) is 11.5 Å². The molecule has 0 aliphatic carbocycles. The van der Waals surface area contributed by atoms with E-state index >= 15 is 0 Å². The number of oxazole rings is 1. The van der Waals surface area contributed by atoms with Gasteiger partial charge >= 0.3 is 0 Å². The van der Waals surface area contributed by atoms with E-state index in [1.807, 2.05) is 0 Å². The molecule has 0 radical (unpaired) electrons. The van der Waals surface area contributed by atoms with Crippen molar-refractivity contribution < 1.29 is 18.7 Å². The Morgan fingerprint density at radius 3 is 2.63 bits per heavy atom. The van der Waals surface area contributed by atoms with E-state index in [-0.39, 0.29) is 18.7 Å². The normalized spacial score (nSPS) is 10.4. The first-order chi connectivity index (χ1) is 13.0. The van der Waals surface area contributed by atoms with Gasteiger partial charge in [-0.05, 0) is 18.2 Å². The average molecular weight is 367 g/mol. The number of carbonyl (C=O) groups excluding carboxylic acids is 2. The predicted molar refractivity (Wildman–Crippen MR) is 95.8 cm³/mol. The zero-order valence-electron chi connectivity index (χ0n) is 14.5. The lowest BCUT2D eigenvalue weighted by molar-refractivity contribution is -0.122. The zero-order chi connectivity index (χ0) is 19.2. The van der Waals surface area contributed by atoms with Crippen molar-refractivity contribution in [3.63, 3.8) is 0 Å². The number of primary amides is 1. The van der Waals surface area contributed by atoms with Crippen LogP contribution in [-0.2, 0) is 9.59 Å². The summed E-state index contributed by atoms with van der Waals surface area (Å²) in [5, 5.41) is 2.58. The van der Waals surface area contributed by atoms with E-state index in [9.17, 15) is 9.59 Å². The summed E-state index contributed by atoms with van der Waals surface area (Å²) in [7, 11) is 0. The number of anilines is 1. The fourth-order valence-corrected chi connectivity index (χ4v) is 2.18. The summed E-state index contributed by atoms with van der Waals surface area (Å²) in [6, 6.07) is 6.68. The van der Waals surface area contributed by atoms with Crippen LogP contribution in [0, 0.1) is 6.92 Å². The van der Waals surface area contributed by atoms with E-state index in [1.165, 1.54) is 6.20 Å². The van der Waals surface area contributed by atoms with Crippen LogP contribution in [0.15, 0.2) is 47.3 Å². The number of amides is 2. The van der Waals surface area contributed by atoms with Gasteiger partial charge in [-0.2, -0.15) is 0 Å². The zero-order valence-corrected chi connectivity index (χ0v) is 14.5. The van der Waals surface area contributed by atoms with Gasteiger partial charge in [-0.3, -0.25) is 14.6 Å². The van der Waals surface area contributed by atoms with Gasteiger partial charge in [0.2, 0.25) is 11.8 Å². The Morgan fingerprint density at radius 1 is 1.11 bits per heavy atom. The number of rotatable bonds is 7. The lowest BCUT2D eigenvalue weighted by Gasteiger charge is -2.07. The van der Waals surface area contributed by atoms with E-state index in [2.05, 4.69) is 20.3 Å². The van der Waals surface area contributed by atoms with Crippen LogP contribution in [0.4, 0.5) is 5.82 Å². The largest absolute Gasteiger partial charge is 0.456 e. The van der Waals surface area contributed by atoms with Crippen LogP contribution in [0.2, 0.25) is 0 Å². The van der Waals surface area contributed by atoms with Crippen LogP contribution >= 0.6 is 0 Å². The third kappa shape index (κ3) is 5.11. The molecule has 0 unspecified atom stereocenters. The molecule has 3 aromatic heterocycles. The van der Waals surface area contributed by atoms with E-state index in [1.54, 1.807) is 43.6 Å². The molecule has 0 atom stereocenters. The second kappa shape index (κ2) is 8.09. The standard InChI is InChI=1S/C18H17N5O4/c1-11-21-10-15(26-11)14-8-12(6-7-20-14)27-13-2-4-17(22-9-13)23-18(25)5-3-16(19)24/h2,4,6-10H,3,5H2,1H3,(H2,19,24)(H,22,23,25). The van der Waals surface area contributed by atoms with Gasteiger partial charge in [0.05, 0.1) is 12.4 Å². The van der Waals surface area contributed by atoms with Crippen molar-refractivity contribution in [2.24, 2.45) is 5.73 Å². The Kier molecular flexibility index (Phi) is 5.41. The number of pyridine rings is 2. The number of hydrogen-bond acceptors (Lipinski definition) is 7. The first-order valence-electron chi connectivity index (χ1n) is 8.10. The molecule has 3 N–H and O–H groups in total. The van der Waals surface area contributed by atoms with Crippen molar-refractivity contribution in [1.29, 1.82) is 0 Å². The Labute approximate surface area is 154 Å². The average Bonchev–Trinajstić information content (AvgIpc) is 3.08. The molecule has 9 nitrogen and oxygen atoms in total. The van der Waals surface area contributed by atoms with Gasteiger partial charge in [0.25, 0.3) is 0 Å². The summed E-state index contributed by atoms with van der Waals surface area (Å²) >= 11 is 0. The molecule has 9 heteroatoms. The highest BCUT2D eigenvalue weighted by Gasteiger charge is 2.08. The Balaban J connectivity index is 1.63. The summed E-state index contributed by atoms with van der Waals surface area (Å²) in [5.74, 6) is 1.62. The minimum absolute atomic E-state index is 0.0101. The first-order valence-corrected chi connectivity index (χ1v) is 8.10. The van der Waals surface area contributed by atoms with Gasteiger partial charge in [-0.25, -0.2) is 9.97 Å². The van der Waals surface area contributed by atoms with Gasteiger partial charge in [-0.15, -0.1) is 0 Å². The van der Waals surface area contributed by atoms with Gasteiger partial charge in [0.15, 0.2) is 11.7 Å². The van der Waals surface area contributed by atoms with Crippen LogP contribution in [0.1, 0.15) is 18.7 Å². The molecule has 0 aromatic carbocycles. The summed E-state index contributed by atoms with van der Waals surface area (Å²) in [6.07, 6.45) is 4.67. The molecule has 0 spiro atoms. The smallest absolute Gasteiger partial charge is 0.226 e. The summed E-state index contributed by atoms with van der Waals surface area (Å²) < 4.78 is 11.2. The maximum absolute atomic E-state index is 11.7. The fourth-order valence-electron chi connectivity index (χ4n) is 2.18. The number of carbonyl (C=O) groups is 2. The lowest BCUT2D eigenvalue weighted by atomic mass is 10.3. The quantitative estimate of drug-likeness (QED) is 0.655.